The maximum atomic E-state index is 12.0. The molecule has 0 atom stereocenters. The monoisotopic (exact) mass is 311 g/mol. The van der Waals surface area contributed by atoms with Crippen LogP contribution in [0.3, 0.4) is 0 Å². The second-order valence-corrected chi connectivity index (χ2v) is 6.36. The molecule has 0 heterocycles. The second kappa shape index (κ2) is 8.37. The normalized spacial score (nSPS) is 10.7. The van der Waals surface area contributed by atoms with Crippen LogP contribution in [0.25, 0.3) is 0 Å². The maximum absolute atomic E-state index is 12.0. The van der Waals surface area contributed by atoms with Gasteiger partial charge in [0.15, 0.2) is 0 Å². The van der Waals surface area contributed by atoms with Crippen molar-refractivity contribution in [3.63, 3.8) is 0 Å². The smallest absolute Gasteiger partial charge is 0.220 e. The summed E-state index contributed by atoms with van der Waals surface area (Å²) in [6.45, 7) is 4.98. The third-order valence-electron chi connectivity index (χ3n) is 3.70. The SMILES string of the molecule is CC(C)Cc1cccc(CNC(=O)CCc2ccc(O)cc2)c1. The predicted molar refractivity (Wildman–Crippen MR) is 93.3 cm³/mol. The van der Waals surface area contributed by atoms with Crippen molar-refractivity contribution in [2.75, 3.05) is 0 Å². The number of amides is 1. The number of rotatable bonds is 7. The highest BCUT2D eigenvalue weighted by atomic mass is 16.3. The van der Waals surface area contributed by atoms with E-state index < -0.39 is 0 Å². The molecule has 3 heteroatoms. The van der Waals surface area contributed by atoms with Crippen LogP contribution in [0.1, 0.15) is 37.0 Å². The highest BCUT2D eigenvalue weighted by Gasteiger charge is 2.04. The summed E-state index contributed by atoms with van der Waals surface area (Å²) in [4.78, 5) is 12.0. The first kappa shape index (κ1) is 17.1. The lowest BCUT2D eigenvalue weighted by Gasteiger charge is -2.09. The van der Waals surface area contributed by atoms with Gasteiger partial charge in [0.05, 0.1) is 0 Å². The van der Waals surface area contributed by atoms with Gasteiger partial charge >= 0.3 is 0 Å². The van der Waals surface area contributed by atoms with Crippen molar-refractivity contribution in [1.82, 2.24) is 5.32 Å². The summed E-state index contributed by atoms with van der Waals surface area (Å²) in [6.07, 6.45) is 2.19. The molecule has 0 bridgehead atoms. The molecule has 2 aromatic rings. The molecule has 2 aromatic carbocycles. The molecule has 0 radical (unpaired) electrons. The zero-order chi connectivity index (χ0) is 16.7. The van der Waals surface area contributed by atoms with Crippen LogP contribution in [-0.2, 0) is 24.2 Å². The molecule has 0 aliphatic rings. The van der Waals surface area contributed by atoms with Crippen LogP contribution in [-0.4, -0.2) is 11.0 Å². The molecule has 3 nitrogen and oxygen atoms in total. The Kier molecular flexibility index (Phi) is 6.21. The summed E-state index contributed by atoms with van der Waals surface area (Å²) in [7, 11) is 0. The molecular weight excluding hydrogens is 286 g/mol. The molecule has 0 aromatic heterocycles. The van der Waals surface area contributed by atoms with E-state index in [9.17, 15) is 9.90 Å². The summed E-state index contributed by atoms with van der Waals surface area (Å²) in [5.74, 6) is 0.928. The Morgan fingerprint density at radius 1 is 1.04 bits per heavy atom. The molecule has 2 N–H and O–H groups in total. The highest BCUT2D eigenvalue weighted by Crippen LogP contribution is 2.12. The number of carbonyl (C=O) groups is 1. The third-order valence-corrected chi connectivity index (χ3v) is 3.70. The lowest BCUT2D eigenvalue weighted by Crippen LogP contribution is -2.23. The Hall–Kier alpha value is -2.29. The van der Waals surface area contributed by atoms with E-state index in [0.29, 0.717) is 25.3 Å². The van der Waals surface area contributed by atoms with E-state index in [0.717, 1.165) is 17.5 Å². The van der Waals surface area contributed by atoms with Gasteiger partial charge in [-0.3, -0.25) is 4.79 Å². The van der Waals surface area contributed by atoms with Crippen LogP contribution in [0, 0.1) is 5.92 Å². The Bertz CT molecular complexity index is 632. The van der Waals surface area contributed by atoms with Gasteiger partial charge in [0.2, 0.25) is 5.91 Å². The first-order valence-corrected chi connectivity index (χ1v) is 8.15. The van der Waals surface area contributed by atoms with Gasteiger partial charge in [-0.2, -0.15) is 0 Å². The predicted octanol–water partition coefficient (Wildman–Crippen LogP) is 3.84. The maximum Gasteiger partial charge on any atom is 0.220 e. The molecule has 0 aliphatic carbocycles. The van der Waals surface area contributed by atoms with Crippen LogP contribution in [0.15, 0.2) is 48.5 Å². The molecular formula is C20H25NO2. The van der Waals surface area contributed by atoms with Gasteiger partial charge in [-0.05, 0) is 47.6 Å². The molecule has 1 amide bonds. The minimum atomic E-state index is 0.0485. The van der Waals surface area contributed by atoms with E-state index >= 15 is 0 Å². The number of phenolic OH excluding ortho intramolecular Hbond substituents is 1. The fraction of sp³-hybridized carbons (Fsp3) is 0.350. The largest absolute Gasteiger partial charge is 0.508 e. The van der Waals surface area contributed by atoms with Gasteiger partial charge in [-0.15, -0.1) is 0 Å². The summed E-state index contributed by atoms with van der Waals surface area (Å²) >= 11 is 0. The van der Waals surface area contributed by atoms with Crippen LogP contribution < -0.4 is 5.32 Å². The number of hydrogen-bond acceptors (Lipinski definition) is 2. The van der Waals surface area contributed by atoms with Crippen molar-refractivity contribution in [3.8, 4) is 5.75 Å². The number of carbonyl (C=O) groups excluding carboxylic acids is 1. The summed E-state index contributed by atoms with van der Waals surface area (Å²) in [6, 6.07) is 15.4. The molecule has 0 saturated heterocycles. The molecule has 23 heavy (non-hydrogen) atoms. The molecule has 0 aliphatic heterocycles. The van der Waals surface area contributed by atoms with E-state index in [2.05, 4.69) is 37.4 Å². The van der Waals surface area contributed by atoms with Crippen molar-refractivity contribution >= 4 is 5.91 Å². The van der Waals surface area contributed by atoms with E-state index in [1.54, 1.807) is 12.1 Å². The Morgan fingerprint density at radius 2 is 1.74 bits per heavy atom. The molecule has 0 saturated carbocycles. The lowest BCUT2D eigenvalue weighted by atomic mass is 10.0. The van der Waals surface area contributed by atoms with Crippen molar-refractivity contribution in [2.45, 2.75) is 39.7 Å². The fourth-order valence-corrected chi connectivity index (χ4v) is 2.55. The third kappa shape index (κ3) is 6.15. The minimum Gasteiger partial charge on any atom is -0.508 e. The first-order chi connectivity index (χ1) is 11.0. The lowest BCUT2D eigenvalue weighted by molar-refractivity contribution is -0.121. The molecule has 2 rings (SSSR count). The number of aromatic hydroxyl groups is 1. The van der Waals surface area contributed by atoms with Gasteiger partial charge in [-0.25, -0.2) is 0 Å². The molecule has 0 spiro atoms. The van der Waals surface area contributed by atoms with E-state index in [1.807, 2.05) is 18.2 Å². The average Bonchev–Trinajstić information content (AvgIpc) is 2.52. The minimum absolute atomic E-state index is 0.0485. The van der Waals surface area contributed by atoms with Crippen LogP contribution in [0.2, 0.25) is 0 Å². The van der Waals surface area contributed by atoms with Gasteiger partial charge in [0.25, 0.3) is 0 Å². The Morgan fingerprint density at radius 3 is 2.43 bits per heavy atom. The van der Waals surface area contributed by atoms with Gasteiger partial charge in [0, 0.05) is 13.0 Å². The number of nitrogens with one attached hydrogen (secondary N) is 1. The Labute approximate surface area is 138 Å². The van der Waals surface area contributed by atoms with Crippen molar-refractivity contribution < 1.29 is 9.90 Å². The van der Waals surface area contributed by atoms with Gasteiger partial charge in [0.1, 0.15) is 5.75 Å². The standard InChI is InChI=1S/C20H25NO2/c1-15(2)12-17-4-3-5-18(13-17)14-21-20(23)11-8-16-6-9-19(22)10-7-16/h3-7,9-10,13,15,22H,8,11-12,14H2,1-2H3,(H,21,23). The van der Waals surface area contributed by atoms with Crippen LogP contribution in [0.4, 0.5) is 0 Å². The average molecular weight is 311 g/mol. The van der Waals surface area contributed by atoms with Gasteiger partial charge < -0.3 is 10.4 Å². The molecule has 122 valence electrons. The van der Waals surface area contributed by atoms with Crippen molar-refractivity contribution in [2.24, 2.45) is 5.92 Å². The summed E-state index contributed by atoms with van der Waals surface area (Å²) < 4.78 is 0. The van der Waals surface area contributed by atoms with Crippen molar-refractivity contribution in [3.05, 3.63) is 65.2 Å². The second-order valence-electron chi connectivity index (χ2n) is 6.36. The molecule has 0 fully saturated rings. The zero-order valence-corrected chi connectivity index (χ0v) is 13.9. The Balaban J connectivity index is 1.78. The fourth-order valence-electron chi connectivity index (χ4n) is 2.55. The topological polar surface area (TPSA) is 49.3 Å². The first-order valence-electron chi connectivity index (χ1n) is 8.15. The number of hydrogen-bond donors (Lipinski definition) is 2. The number of phenols is 1. The van der Waals surface area contributed by atoms with E-state index in [4.69, 9.17) is 0 Å². The van der Waals surface area contributed by atoms with Crippen molar-refractivity contribution in [1.29, 1.82) is 0 Å². The highest BCUT2D eigenvalue weighted by molar-refractivity contribution is 5.76. The zero-order valence-electron chi connectivity index (χ0n) is 13.9. The molecule has 0 unspecified atom stereocenters. The summed E-state index contributed by atoms with van der Waals surface area (Å²) in [5.41, 5.74) is 3.51. The number of benzene rings is 2. The van der Waals surface area contributed by atoms with Crippen LogP contribution >= 0.6 is 0 Å². The van der Waals surface area contributed by atoms with Gasteiger partial charge in [-0.1, -0.05) is 50.2 Å². The van der Waals surface area contributed by atoms with Crippen LogP contribution in [0.5, 0.6) is 5.75 Å². The van der Waals surface area contributed by atoms with E-state index in [1.165, 1.54) is 5.56 Å². The quantitative estimate of drug-likeness (QED) is 0.816. The number of aryl methyl sites for hydroxylation is 1. The van der Waals surface area contributed by atoms with E-state index in [-0.39, 0.29) is 11.7 Å². The summed E-state index contributed by atoms with van der Waals surface area (Å²) in [5, 5.41) is 12.2.